The predicted molar refractivity (Wildman–Crippen MR) is 80.2 cm³/mol. The molecule has 112 valence electrons. The molecule has 0 aliphatic heterocycles. The van der Waals surface area contributed by atoms with Crippen molar-refractivity contribution in [3.63, 3.8) is 0 Å². The van der Waals surface area contributed by atoms with Gasteiger partial charge in [0.15, 0.2) is 6.61 Å². The molecular weight excluding hydrogens is 270 g/mol. The molecule has 21 heavy (non-hydrogen) atoms. The van der Waals surface area contributed by atoms with Gasteiger partial charge in [0.25, 0.3) is 5.91 Å². The highest BCUT2D eigenvalue weighted by Gasteiger charge is 2.06. The molecule has 0 spiro atoms. The van der Waals surface area contributed by atoms with Gasteiger partial charge in [-0.2, -0.15) is 0 Å². The summed E-state index contributed by atoms with van der Waals surface area (Å²) in [5, 5.41) is 15.3. The topological polar surface area (TPSA) is 83.5 Å². The molecule has 0 bridgehead atoms. The molecule has 1 heterocycles. The molecule has 0 saturated heterocycles. The molecule has 1 aromatic carbocycles. The molecule has 3 N–H and O–H groups in total. The summed E-state index contributed by atoms with van der Waals surface area (Å²) >= 11 is 0. The lowest BCUT2D eigenvalue weighted by molar-refractivity contribution is -0.123. The monoisotopic (exact) mass is 289 g/mol. The van der Waals surface area contributed by atoms with Gasteiger partial charge in [0.2, 0.25) is 0 Å². The van der Waals surface area contributed by atoms with Crippen molar-refractivity contribution in [1.29, 1.82) is 0 Å². The first-order valence-electron chi connectivity index (χ1n) is 6.86. The molecule has 0 unspecified atom stereocenters. The van der Waals surface area contributed by atoms with Crippen LogP contribution in [0.15, 0.2) is 36.5 Å². The number of hydrogen-bond acceptors (Lipinski definition) is 5. The first-order valence-corrected chi connectivity index (χ1v) is 6.86. The van der Waals surface area contributed by atoms with Crippen LogP contribution in [0.3, 0.4) is 0 Å². The third-order valence-corrected chi connectivity index (χ3v) is 2.87. The van der Waals surface area contributed by atoms with Gasteiger partial charge in [-0.15, -0.1) is 0 Å². The second-order valence-corrected chi connectivity index (χ2v) is 4.44. The van der Waals surface area contributed by atoms with Gasteiger partial charge in [0.1, 0.15) is 11.3 Å². The zero-order chi connectivity index (χ0) is 14.9. The van der Waals surface area contributed by atoms with Crippen molar-refractivity contribution >= 4 is 16.8 Å². The summed E-state index contributed by atoms with van der Waals surface area (Å²) in [6.45, 7) is 1.67. The van der Waals surface area contributed by atoms with Gasteiger partial charge < -0.3 is 20.5 Å². The molecule has 6 nitrogen and oxygen atoms in total. The van der Waals surface area contributed by atoms with Gasteiger partial charge in [-0.05, 0) is 12.1 Å². The summed E-state index contributed by atoms with van der Waals surface area (Å²) < 4.78 is 5.52. The van der Waals surface area contributed by atoms with Gasteiger partial charge in [0.05, 0.1) is 6.61 Å². The Morgan fingerprint density at radius 1 is 1.19 bits per heavy atom. The number of amides is 1. The standard InChI is InChI=1S/C15H19N3O3/c19-10-9-16-7-8-17-14(20)11-21-13-5-1-3-12-4-2-6-18-15(12)13/h1-6,16,19H,7-11H2,(H,17,20). The van der Waals surface area contributed by atoms with Crippen molar-refractivity contribution in [2.45, 2.75) is 0 Å². The molecule has 1 aromatic heterocycles. The van der Waals surface area contributed by atoms with Crippen molar-refractivity contribution in [3.8, 4) is 5.75 Å². The SMILES string of the molecule is O=C(COc1cccc2cccnc12)NCCNCCO. The third kappa shape index (κ3) is 4.70. The molecule has 6 heteroatoms. The Morgan fingerprint density at radius 3 is 2.90 bits per heavy atom. The zero-order valence-electron chi connectivity index (χ0n) is 11.7. The highest BCUT2D eigenvalue weighted by atomic mass is 16.5. The fourth-order valence-corrected chi connectivity index (χ4v) is 1.88. The van der Waals surface area contributed by atoms with Gasteiger partial charge in [-0.1, -0.05) is 18.2 Å². The van der Waals surface area contributed by atoms with Crippen LogP contribution in [-0.2, 0) is 4.79 Å². The van der Waals surface area contributed by atoms with E-state index in [2.05, 4.69) is 15.6 Å². The van der Waals surface area contributed by atoms with Crippen molar-refractivity contribution in [1.82, 2.24) is 15.6 Å². The Balaban J connectivity index is 1.80. The smallest absolute Gasteiger partial charge is 0.257 e. The molecule has 0 saturated carbocycles. The van der Waals surface area contributed by atoms with Crippen LogP contribution in [0, 0.1) is 0 Å². The van der Waals surface area contributed by atoms with Crippen LogP contribution in [0.5, 0.6) is 5.75 Å². The number of pyridine rings is 1. The second kappa shape index (κ2) is 8.18. The molecule has 2 aromatic rings. The number of aliphatic hydroxyl groups is 1. The fourth-order valence-electron chi connectivity index (χ4n) is 1.88. The first-order chi connectivity index (χ1) is 10.3. The molecule has 0 aliphatic rings. The molecule has 0 aliphatic carbocycles. The summed E-state index contributed by atoms with van der Waals surface area (Å²) in [6, 6.07) is 9.42. The van der Waals surface area contributed by atoms with Crippen molar-refractivity contribution in [3.05, 3.63) is 36.5 Å². The average Bonchev–Trinajstić information content (AvgIpc) is 2.52. The number of ether oxygens (including phenoxy) is 1. The lowest BCUT2D eigenvalue weighted by atomic mass is 10.2. The highest BCUT2D eigenvalue weighted by Crippen LogP contribution is 2.22. The van der Waals surface area contributed by atoms with Gasteiger partial charge >= 0.3 is 0 Å². The fraction of sp³-hybridized carbons (Fsp3) is 0.333. The van der Waals surface area contributed by atoms with Gasteiger partial charge in [0, 0.05) is 31.2 Å². The second-order valence-electron chi connectivity index (χ2n) is 4.44. The number of aromatic nitrogens is 1. The maximum atomic E-state index is 11.7. The largest absolute Gasteiger partial charge is 0.481 e. The van der Waals surface area contributed by atoms with Crippen LogP contribution in [0.25, 0.3) is 10.9 Å². The van der Waals surface area contributed by atoms with E-state index < -0.39 is 0 Å². The van der Waals surface area contributed by atoms with Crippen LogP contribution in [0.2, 0.25) is 0 Å². The summed E-state index contributed by atoms with van der Waals surface area (Å²) in [5.74, 6) is 0.412. The lowest BCUT2D eigenvalue weighted by Crippen LogP contribution is -2.35. The maximum Gasteiger partial charge on any atom is 0.257 e. The Bertz CT molecular complexity index is 584. The molecule has 1 amide bonds. The van der Waals surface area contributed by atoms with E-state index >= 15 is 0 Å². The number of nitrogens with zero attached hydrogens (tertiary/aromatic N) is 1. The third-order valence-electron chi connectivity index (χ3n) is 2.87. The average molecular weight is 289 g/mol. The number of nitrogens with one attached hydrogen (secondary N) is 2. The Kier molecular flexibility index (Phi) is 5.93. The summed E-state index contributed by atoms with van der Waals surface area (Å²) in [7, 11) is 0. The Labute approximate surface area is 123 Å². The van der Waals surface area contributed by atoms with E-state index in [-0.39, 0.29) is 19.1 Å². The predicted octanol–water partition coefficient (Wildman–Crippen LogP) is 0.312. The van der Waals surface area contributed by atoms with Gasteiger partial charge in [-0.25, -0.2) is 0 Å². The van der Waals surface area contributed by atoms with Crippen LogP contribution in [0.4, 0.5) is 0 Å². The molecule has 0 atom stereocenters. The highest BCUT2D eigenvalue weighted by molar-refractivity contribution is 5.85. The minimum absolute atomic E-state index is 0.0459. The maximum absolute atomic E-state index is 11.7. The molecular formula is C15H19N3O3. The van der Waals surface area contributed by atoms with Crippen LogP contribution < -0.4 is 15.4 Å². The van der Waals surface area contributed by atoms with Crippen LogP contribution in [0.1, 0.15) is 0 Å². The summed E-state index contributed by atoms with van der Waals surface area (Å²) in [4.78, 5) is 15.9. The van der Waals surface area contributed by atoms with E-state index in [4.69, 9.17) is 9.84 Å². The number of fused-ring (bicyclic) bond motifs is 1. The quantitative estimate of drug-likeness (QED) is 0.609. The lowest BCUT2D eigenvalue weighted by Gasteiger charge is -2.09. The van der Waals surface area contributed by atoms with E-state index in [1.807, 2.05) is 24.3 Å². The van der Waals surface area contributed by atoms with Crippen LogP contribution in [-0.4, -0.2) is 48.8 Å². The summed E-state index contributed by atoms with van der Waals surface area (Å²) in [6.07, 6.45) is 1.70. The van der Waals surface area contributed by atoms with E-state index in [0.29, 0.717) is 25.4 Å². The van der Waals surface area contributed by atoms with E-state index in [9.17, 15) is 4.79 Å². The number of para-hydroxylation sites is 1. The number of rotatable bonds is 8. The molecule has 0 fully saturated rings. The number of hydrogen-bond donors (Lipinski definition) is 3. The number of benzene rings is 1. The number of aliphatic hydroxyl groups excluding tert-OH is 1. The number of carbonyl (C=O) groups is 1. The van der Waals surface area contributed by atoms with E-state index in [1.165, 1.54) is 0 Å². The minimum Gasteiger partial charge on any atom is -0.481 e. The van der Waals surface area contributed by atoms with E-state index in [1.54, 1.807) is 12.3 Å². The van der Waals surface area contributed by atoms with Crippen molar-refractivity contribution in [2.75, 3.05) is 32.8 Å². The minimum atomic E-state index is -0.186. The van der Waals surface area contributed by atoms with Gasteiger partial charge in [-0.3, -0.25) is 9.78 Å². The normalized spacial score (nSPS) is 10.5. The zero-order valence-corrected chi connectivity index (χ0v) is 11.7. The Hall–Kier alpha value is -2.18. The molecule has 2 rings (SSSR count). The molecule has 0 radical (unpaired) electrons. The van der Waals surface area contributed by atoms with Crippen molar-refractivity contribution in [2.24, 2.45) is 0 Å². The first kappa shape index (κ1) is 15.2. The van der Waals surface area contributed by atoms with Crippen LogP contribution >= 0.6 is 0 Å². The Morgan fingerprint density at radius 2 is 2.05 bits per heavy atom. The summed E-state index contributed by atoms with van der Waals surface area (Å²) in [5.41, 5.74) is 0.748. The van der Waals surface area contributed by atoms with E-state index in [0.717, 1.165) is 10.9 Å². The number of carbonyl (C=O) groups excluding carboxylic acids is 1. The van der Waals surface area contributed by atoms with Crippen molar-refractivity contribution < 1.29 is 14.6 Å².